The molecule has 0 N–H and O–H groups in total. The van der Waals surface area contributed by atoms with Crippen LogP contribution in [0.3, 0.4) is 0 Å². The zero-order valence-corrected chi connectivity index (χ0v) is 16.5. The van der Waals surface area contributed by atoms with Crippen molar-refractivity contribution in [2.24, 2.45) is 0 Å². The van der Waals surface area contributed by atoms with Crippen LogP contribution in [0.15, 0.2) is 16.7 Å². The Balaban J connectivity index is 2.14. The van der Waals surface area contributed by atoms with Crippen LogP contribution in [0.1, 0.15) is 11.3 Å². The lowest BCUT2D eigenvalue weighted by molar-refractivity contribution is -0.384. The molecule has 2 heterocycles. The predicted octanol–water partition coefficient (Wildman–Crippen LogP) is 5.29. The number of nitrogens with zero attached hydrogens (tertiary/aromatic N) is 4. The molecule has 0 saturated heterocycles. The summed E-state index contributed by atoms with van der Waals surface area (Å²) in [4.78, 5) is 19.0. The average Bonchev–Trinajstić information content (AvgIpc) is 3.09. The summed E-state index contributed by atoms with van der Waals surface area (Å²) in [5, 5.41) is 15.6. The first kappa shape index (κ1) is 19.3. The van der Waals surface area contributed by atoms with E-state index in [2.05, 4.69) is 15.1 Å². The first-order valence-electron chi connectivity index (χ1n) is 7.43. The predicted molar refractivity (Wildman–Crippen MR) is 101 cm³/mol. The van der Waals surface area contributed by atoms with Crippen LogP contribution in [0.25, 0.3) is 22.8 Å². The fourth-order valence-corrected chi connectivity index (χ4v) is 3.22. The van der Waals surface area contributed by atoms with E-state index in [4.69, 9.17) is 44.1 Å². The van der Waals surface area contributed by atoms with Gasteiger partial charge < -0.3 is 9.26 Å². The van der Waals surface area contributed by atoms with Crippen molar-refractivity contribution in [3.8, 4) is 28.6 Å². The third kappa shape index (κ3) is 3.43. The topological polar surface area (TPSA) is 104 Å². The molecule has 0 atom stereocenters. The van der Waals surface area contributed by atoms with Gasteiger partial charge >= 0.3 is 0 Å². The molecule has 1 aromatic carbocycles. The van der Waals surface area contributed by atoms with Crippen molar-refractivity contribution in [3.63, 3.8) is 0 Å². The van der Waals surface area contributed by atoms with Gasteiger partial charge in [0.15, 0.2) is 5.02 Å². The van der Waals surface area contributed by atoms with Crippen molar-refractivity contribution in [1.82, 2.24) is 15.1 Å². The van der Waals surface area contributed by atoms with E-state index in [-0.39, 0.29) is 38.9 Å². The number of nitro benzene ring substituents is 1. The minimum atomic E-state index is -0.629. The number of rotatable bonds is 4. The molecular weight excluding hydrogens is 419 g/mol. The molecule has 0 aliphatic carbocycles. The molecule has 8 nitrogen and oxygen atoms in total. The summed E-state index contributed by atoms with van der Waals surface area (Å²) in [7, 11) is 1.34. The molecule has 2 aromatic heterocycles. The molecule has 0 aliphatic heterocycles. The van der Waals surface area contributed by atoms with Crippen LogP contribution in [-0.2, 0) is 0 Å². The Morgan fingerprint density at radius 2 is 1.85 bits per heavy atom. The highest BCUT2D eigenvalue weighted by atomic mass is 35.5. The summed E-state index contributed by atoms with van der Waals surface area (Å²) >= 11 is 18.4. The number of aryl methyl sites for hydroxylation is 1. The fraction of sp³-hybridized carbons (Fsp3) is 0.188. The van der Waals surface area contributed by atoms with E-state index in [1.807, 2.05) is 0 Å². The van der Waals surface area contributed by atoms with Crippen LogP contribution in [0.5, 0.6) is 5.75 Å². The number of halogens is 3. The maximum Gasteiger partial charge on any atom is 0.292 e. The van der Waals surface area contributed by atoms with E-state index in [1.165, 1.54) is 19.2 Å². The Morgan fingerprint density at radius 1 is 1.15 bits per heavy atom. The van der Waals surface area contributed by atoms with Crippen LogP contribution >= 0.6 is 34.8 Å². The van der Waals surface area contributed by atoms with Gasteiger partial charge in [-0.1, -0.05) is 40.0 Å². The molecule has 0 bridgehead atoms. The number of hydrogen-bond acceptors (Lipinski definition) is 7. The molecule has 0 saturated carbocycles. The second-order valence-corrected chi connectivity index (χ2v) is 6.61. The number of methoxy groups -OCH3 is 1. The Labute approximate surface area is 168 Å². The molecular formula is C16H11Cl3N4O4. The van der Waals surface area contributed by atoms with Gasteiger partial charge in [0.05, 0.1) is 33.9 Å². The van der Waals surface area contributed by atoms with Crippen LogP contribution < -0.4 is 4.74 Å². The van der Waals surface area contributed by atoms with E-state index in [0.717, 1.165) is 0 Å². The second kappa shape index (κ2) is 7.30. The summed E-state index contributed by atoms with van der Waals surface area (Å²) in [6, 6.07) is 2.68. The van der Waals surface area contributed by atoms with Crippen LogP contribution in [0.4, 0.5) is 5.69 Å². The van der Waals surface area contributed by atoms with Crippen LogP contribution in [0, 0.1) is 24.0 Å². The van der Waals surface area contributed by atoms with Crippen molar-refractivity contribution in [1.29, 1.82) is 0 Å². The fourth-order valence-electron chi connectivity index (χ4n) is 2.48. The van der Waals surface area contributed by atoms with E-state index in [1.54, 1.807) is 13.8 Å². The molecule has 0 amide bonds. The normalized spacial score (nSPS) is 10.9. The largest absolute Gasteiger partial charge is 0.495 e. The van der Waals surface area contributed by atoms with Crippen molar-refractivity contribution < 1.29 is 14.2 Å². The molecule has 0 unspecified atom stereocenters. The first-order chi connectivity index (χ1) is 12.7. The summed E-state index contributed by atoms with van der Waals surface area (Å²) in [6.07, 6.45) is 0. The second-order valence-electron chi connectivity index (χ2n) is 5.49. The van der Waals surface area contributed by atoms with E-state index >= 15 is 0 Å². The highest BCUT2D eigenvalue weighted by Crippen LogP contribution is 2.39. The maximum atomic E-state index is 11.2. The standard InChI is InChI=1S/C16H11Cl3N4O4/c1-6-11(14(19)20-7(2)12(6)17)15-21-16(27-22-15)8-4-9(23(24)25)13(18)10(5-8)26-3/h4-5H,1-3H3. The van der Waals surface area contributed by atoms with Crippen molar-refractivity contribution in [2.75, 3.05) is 7.11 Å². The third-order valence-corrected chi connectivity index (χ3v) is 5.04. The molecule has 11 heteroatoms. The molecule has 27 heavy (non-hydrogen) atoms. The Kier molecular flexibility index (Phi) is 5.23. The Hall–Kier alpha value is -2.42. The lowest BCUT2D eigenvalue weighted by Gasteiger charge is -2.08. The van der Waals surface area contributed by atoms with Crippen LogP contribution in [-0.4, -0.2) is 27.2 Å². The molecule has 3 aromatic rings. The van der Waals surface area contributed by atoms with E-state index in [0.29, 0.717) is 21.8 Å². The molecule has 0 spiro atoms. The van der Waals surface area contributed by atoms with Gasteiger partial charge in [-0.2, -0.15) is 4.98 Å². The Morgan fingerprint density at radius 3 is 2.48 bits per heavy atom. The van der Waals surface area contributed by atoms with E-state index < -0.39 is 4.92 Å². The van der Waals surface area contributed by atoms with Gasteiger partial charge in [0, 0.05) is 6.07 Å². The van der Waals surface area contributed by atoms with E-state index in [9.17, 15) is 10.1 Å². The number of aromatic nitrogens is 3. The van der Waals surface area contributed by atoms with Crippen LogP contribution in [0.2, 0.25) is 15.2 Å². The van der Waals surface area contributed by atoms with Crippen molar-refractivity contribution in [2.45, 2.75) is 13.8 Å². The number of nitro groups is 1. The van der Waals surface area contributed by atoms with Gasteiger partial charge in [-0.3, -0.25) is 10.1 Å². The van der Waals surface area contributed by atoms with Gasteiger partial charge in [0.25, 0.3) is 11.6 Å². The van der Waals surface area contributed by atoms with Crippen molar-refractivity contribution in [3.05, 3.63) is 48.7 Å². The number of benzene rings is 1. The van der Waals surface area contributed by atoms with Gasteiger partial charge in [0.2, 0.25) is 5.82 Å². The van der Waals surface area contributed by atoms with Gasteiger partial charge in [0.1, 0.15) is 10.9 Å². The Bertz CT molecular complexity index is 1070. The number of ether oxygens (including phenoxy) is 1. The average molecular weight is 430 g/mol. The third-order valence-electron chi connectivity index (χ3n) is 3.83. The molecule has 3 rings (SSSR count). The summed E-state index contributed by atoms with van der Waals surface area (Å²) in [5.41, 5.74) is 1.55. The molecule has 140 valence electrons. The summed E-state index contributed by atoms with van der Waals surface area (Å²) in [6.45, 7) is 3.48. The quantitative estimate of drug-likeness (QED) is 0.315. The SMILES string of the molecule is COc1cc(-c2nc(-c3c(Cl)nc(C)c(Cl)c3C)no2)cc([N+](=O)[O-])c1Cl. The smallest absolute Gasteiger partial charge is 0.292 e. The molecule has 0 fully saturated rings. The molecule has 0 aliphatic rings. The summed E-state index contributed by atoms with van der Waals surface area (Å²) in [5.74, 6) is 0.281. The molecule has 0 radical (unpaired) electrons. The highest BCUT2D eigenvalue weighted by molar-refractivity contribution is 6.35. The lowest BCUT2D eigenvalue weighted by Crippen LogP contribution is -1.95. The lowest BCUT2D eigenvalue weighted by atomic mass is 10.1. The first-order valence-corrected chi connectivity index (χ1v) is 8.56. The number of pyridine rings is 1. The number of hydrogen-bond donors (Lipinski definition) is 0. The summed E-state index contributed by atoms with van der Waals surface area (Å²) < 4.78 is 10.3. The minimum Gasteiger partial charge on any atom is -0.495 e. The van der Waals surface area contributed by atoms with Gasteiger partial charge in [-0.15, -0.1) is 0 Å². The monoisotopic (exact) mass is 428 g/mol. The van der Waals surface area contributed by atoms with Crippen molar-refractivity contribution >= 4 is 40.5 Å². The highest BCUT2D eigenvalue weighted by Gasteiger charge is 2.24. The van der Waals surface area contributed by atoms with Gasteiger partial charge in [-0.25, -0.2) is 4.98 Å². The minimum absolute atomic E-state index is 0.0234. The maximum absolute atomic E-state index is 11.2. The zero-order chi connectivity index (χ0) is 19.9. The van der Waals surface area contributed by atoms with Gasteiger partial charge in [-0.05, 0) is 25.5 Å². The zero-order valence-electron chi connectivity index (χ0n) is 14.2.